The highest BCUT2D eigenvalue weighted by molar-refractivity contribution is 5.94. The van der Waals surface area contributed by atoms with E-state index in [9.17, 15) is 4.79 Å². The molecule has 0 saturated carbocycles. The van der Waals surface area contributed by atoms with Crippen molar-refractivity contribution in [3.63, 3.8) is 0 Å². The van der Waals surface area contributed by atoms with Gasteiger partial charge in [-0.2, -0.15) is 5.10 Å². The van der Waals surface area contributed by atoms with E-state index >= 15 is 0 Å². The van der Waals surface area contributed by atoms with E-state index in [2.05, 4.69) is 29.4 Å². The molecule has 0 aromatic carbocycles. The number of hydrogen-bond acceptors (Lipinski definition) is 4. The molecular formula is C15H26N4O2. The third-order valence-corrected chi connectivity index (χ3v) is 3.72. The van der Waals surface area contributed by atoms with Crippen LogP contribution in [0.15, 0.2) is 0 Å². The summed E-state index contributed by atoms with van der Waals surface area (Å²) < 4.78 is 7.39. The Balaban J connectivity index is 1.92. The first-order valence-electron chi connectivity index (χ1n) is 7.65. The number of aryl methyl sites for hydroxylation is 1. The van der Waals surface area contributed by atoms with Crippen LogP contribution in [0, 0.1) is 6.92 Å². The minimum atomic E-state index is -0.102. The molecule has 1 amide bonds. The molecule has 1 aromatic heterocycles. The van der Waals surface area contributed by atoms with Crippen molar-refractivity contribution in [1.82, 2.24) is 20.0 Å². The lowest BCUT2D eigenvalue weighted by atomic mass is 10.1. The number of ether oxygens (including phenoxy) is 1. The first-order chi connectivity index (χ1) is 9.99. The van der Waals surface area contributed by atoms with E-state index in [0.717, 1.165) is 43.8 Å². The second-order valence-corrected chi connectivity index (χ2v) is 6.02. The van der Waals surface area contributed by atoms with Gasteiger partial charge >= 0.3 is 0 Å². The third kappa shape index (κ3) is 3.97. The minimum Gasteiger partial charge on any atom is -0.478 e. The molecule has 0 aliphatic carbocycles. The summed E-state index contributed by atoms with van der Waals surface area (Å²) in [5.74, 6) is 0.641. The zero-order chi connectivity index (χ0) is 15.4. The lowest BCUT2D eigenvalue weighted by Gasteiger charge is -2.15. The maximum Gasteiger partial charge on any atom is 0.272 e. The van der Waals surface area contributed by atoms with Crippen molar-refractivity contribution >= 4 is 5.91 Å². The van der Waals surface area contributed by atoms with Crippen LogP contribution in [0.1, 0.15) is 42.2 Å². The van der Waals surface area contributed by atoms with Gasteiger partial charge in [-0.15, -0.1) is 0 Å². The fourth-order valence-corrected chi connectivity index (χ4v) is 2.55. The van der Waals surface area contributed by atoms with Crippen LogP contribution in [0.4, 0.5) is 0 Å². The molecule has 6 nitrogen and oxygen atoms in total. The molecule has 1 unspecified atom stereocenters. The maximum absolute atomic E-state index is 12.3. The summed E-state index contributed by atoms with van der Waals surface area (Å²) in [7, 11) is 4.12. The van der Waals surface area contributed by atoms with Gasteiger partial charge in [-0.3, -0.25) is 4.79 Å². The van der Waals surface area contributed by atoms with Crippen LogP contribution in [0.2, 0.25) is 0 Å². The summed E-state index contributed by atoms with van der Waals surface area (Å²) >= 11 is 0. The Labute approximate surface area is 126 Å². The number of aromatic nitrogens is 2. The number of fused-ring (bicyclic) bond motifs is 1. The highest BCUT2D eigenvalue weighted by Gasteiger charge is 2.23. The predicted octanol–water partition coefficient (Wildman–Crippen LogP) is 1.43. The topological polar surface area (TPSA) is 59.4 Å². The van der Waals surface area contributed by atoms with Gasteiger partial charge in [-0.1, -0.05) is 0 Å². The molecule has 1 aliphatic rings. The largest absolute Gasteiger partial charge is 0.478 e. The molecule has 0 spiro atoms. The first kappa shape index (κ1) is 15.8. The highest BCUT2D eigenvalue weighted by Crippen LogP contribution is 2.24. The second-order valence-electron chi connectivity index (χ2n) is 6.02. The summed E-state index contributed by atoms with van der Waals surface area (Å²) in [4.78, 5) is 14.5. The van der Waals surface area contributed by atoms with E-state index in [0.29, 0.717) is 12.3 Å². The SMILES string of the molecule is Cc1c(C(=O)NC(C)CCCN(C)C)nn2c1OCCC2. The smallest absolute Gasteiger partial charge is 0.272 e. The van der Waals surface area contributed by atoms with Crippen LogP contribution in [0.25, 0.3) is 0 Å². The van der Waals surface area contributed by atoms with Gasteiger partial charge in [-0.25, -0.2) is 4.68 Å². The third-order valence-electron chi connectivity index (χ3n) is 3.72. The van der Waals surface area contributed by atoms with Crippen molar-refractivity contribution < 1.29 is 9.53 Å². The highest BCUT2D eigenvalue weighted by atomic mass is 16.5. The lowest BCUT2D eigenvalue weighted by Crippen LogP contribution is -2.33. The number of nitrogens with zero attached hydrogens (tertiary/aromatic N) is 3. The molecule has 0 radical (unpaired) electrons. The average Bonchev–Trinajstić information content (AvgIpc) is 2.76. The molecule has 21 heavy (non-hydrogen) atoms. The standard InChI is InChI=1S/C15H26N4O2/c1-11(7-5-8-18(3)4)16-14(20)13-12(2)15-19(17-13)9-6-10-21-15/h11H,5-10H2,1-4H3,(H,16,20). The van der Waals surface area contributed by atoms with Crippen molar-refractivity contribution in [3.8, 4) is 5.88 Å². The van der Waals surface area contributed by atoms with Gasteiger partial charge < -0.3 is 15.0 Å². The Morgan fingerprint density at radius 2 is 2.29 bits per heavy atom. The van der Waals surface area contributed by atoms with Gasteiger partial charge in [0.05, 0.1) is 6.61 Å². The monoisotopic (exact) mass is 294 g/mol. The number of nitrogens with one attached hydrogen (secondary N) is 1. The van der Waals surface area contributed by atoms with E-state index < -0.39 is 0 Å². The molecular weight excluding hydrogens is 268 g/mol. The van der Waals surface area contributed by atoms with Crippen LogP contribution < -0.4 is 10.1 Å². The Kier molecular flexibility index (Phi) is 5.22. The molecule has 0 bridgehead atoms. The first-order valence-corrected chi connectivity index (χ1v) is 7.65. The van der Waals surface area contributed by atoms with E-state index in [1.54, 1.807) is 4.68 Å². The molecule has 1 aromatic rings. The summed E-state index contributed by atoms with van der Waals surface area (Å²) in [6, 6.07) is 0.150. The van der Waals surface area contributed by atoms with Gasteiger partial charge in [0.2, 0.25) is 5.88 Å². The molecule has 0 saturated heterocycles. The zero-order valence-electron chi connectivity index (χ0n) is 13.5. The van der Waals surface area contributed by atoms with Gasteiger partial charge in [0.15, 0.2) is 5.69 Å². The van der Waals surface area contributed by atoms with Crippen molar-refractivity contribution in [2.24, 2.45) is 0 Å². The van der Waals surface area contributed by atoms with Crippen molar-refractivity contribution in [1.29, 1.82) is 0 Å². The average molecular weight is 294 g/mol. The van der Waals surface area contributed by atoms with E-state index in [-0.39, 0.29) is 11.9 Å². The zero-order valence-corrected chi connectivity index (χ0v) is 13.5. The molecule has 2 rings (SSSR count). The fourth-order valence-electron chi connectivity index (χ4n) is 2.55. The predicted molar refractivity (Wildman–Crippen MR) is 81.8 cm³/mol. The van der Waals surface area contributed by atoms with E-state index in [4.69, 9.17) is 4.74 Å². The van der Waals surface area contributed by atoms with Crippen molar-refractivity contribution in [3.05, 3.63) is 11.3 Å². The van der Waals surface area contributed by atoms with Crippen LogP contribution in [0.3, 0.4) is 0 Å². The van der Waals surface area contributed by atoms with Crippen LogP contribution in [-0.4, -0.2) is 53.9 Å². The van der Waals surface area contributed by atoms with Crippen LogP contribution in [-0.2, 0) is 6.54 Å². The van der Waals surface area contributed by atoms with Crippen molar-refractivity contribution in [2.75, 3.05) is 27.2 Å². The van der Waals surface area contributed by atoms with Gasteiger partial charge in [0, 0.05) is 24.6 Å². The Morgan fingerprint density at radius 1 is 1.52 bits per heavy atom. The van der Waals surface area contributed by atoms with Gasteiger partial charge in [0.25, 0.3) is 5.91 Å². The summed E-state index contributed by atoms with van der Waals surface area (Å²) in [6.45, 7) is 6.49. The summed E-state index contributed by atoms with van der Waals surface area (Å²) in [5, 5.41) is 7.41. The van der Waals surface area contributed by atoms with E-state index in [1.165, 1.54) is 0 Å². The van der Waals surface area contributed by atoms with Crippen LogP contribution >= 0.6 is 0 Å². The molecule has 0 fully saturated rings. The van der Waals surface area contributed by atoms with Gasteiger partial charge in [-0.05, 0) is 47.3 Å². The molecule has 118 valence electrons. The molecule has 6 heteroatoms. The number of carbonyl (C=O) groups is 1. The normalized spacial score (nSPS) is 15.5. The number of hydrogen-bond donors (Lipinski definition) is 1. The number of amides is 1. The Bertz CT molecular complexity index is 496. The Morgan fingerprint density at radius 3 is 2.95 bits per heavy atom. The van der Waals surface area contributed by atoms with Crippen LogP contribution in [0.5, 0.6) is 5.88 Å². The molecule has 2 heterocycles. The second kappa shape index (κ2) is 6.93. The Hall–Kier alpha value is -1.56. The van der Waals surface area contributed by atoms with Gasteiger partial charge in [0.1, 0.15) is 0 Å². The molecule has 1 atom stereocenters. The maximum atomic E-state index is 12.3. The fraction of sp³-hybridized carbons (Fsp3) is 0.733. The lowest BCUT2D eigenvalue weighted by molar-refractivity contribution is 0.0931. The molecule has 1 N–H and O–H groups in total. The summed E-state index contributed by atoms with van der Waals surface area (Å²) in [5.41, 5.74) is 1.33. The summed E-state index contributed by atoms with van der Waals surface area (Å²) in [6.07, 6.45) is 2.97. The van der Waals surface area contributed by atoms with E-state index in [1.807, 2.05) is 13.8 Å². The molecule has 1 aliphatic heterocycles. The number of rotatable bonds is 6. The quantitative estimate of drug-likeness (QED) is 0.862. The van der Waals surface area contributed by atoms with Crippen molar-refractivity contribution in [2.45, 2.75) is 45.7 Å². The number of carbonyl (C=O) groups excluding carboxylic acids is 1. The minimum absolute atomic E-state index is 0.102.